The molecule has 1 aromatic heterocycles. The van der Waals surface area contributed by atoms with Gasteiger partial charge in [0.25, 0.3) is 0 Å². The van der Waals surface area contributed by atoms with Crippen molar-refractivity contribution in [3.8, 4) is 17.1 Å². The maximum atomic E-state index is 9.28. The average Bonchev–Trinajstić information content (AvgIpc) is 2.47. The van der Waals surface area contributed by atoms with Gasteiger partial charge in [-0.05, 0) is 28.1 Å². The highest BCUT2D eigenvalue weighted by Crippen LogP contribution is 2.21. The van der Waals surface area contributed by atoms with Gasteiger partial charge in [0.05, 0.1) is 0 Å². The molecule has 0 unspecified atom stereocenters. The molecule has 0 aliphatic rings. The monoisotopic (exact) mass is 253 g/mol. The van der Waals surface area contributed by atoms with Crippen molar-refractivity contribution in [2.45, 2.75) is 0 Å². The van der Waals surface area contributed by atoms with Gasteiger partial charge in [-0.25, -0.2) is 9.67 Å². The summed E-state index contributed by atoms with van der Waals surface area (Å²) in [5.41, 5.74) is 0.798. The number of aromatic hydroxyl groups is 1. The van der Waals surface area contributed by atoms with Crippen LogP contribution in [0.5, 0.6) is 5.75 Å². The minimum Gasteiger partial charge on any atom is -0.508 e. The zero-order chi connectivity index (χ0) is 10.1. The normalized spacial score (nSPS) is 10.4. The third-order valence-corrected chi connectivity index (χ3v) is 2.50. The van der Waals surface area contributed by atoms with Crippen LogP contribution in [0.25, 0.3) is 11.4 Å². The second kappa shape index (κ2) is 3.42. The Kier molecular flexibility index (Phi) is 2.25. The molecule has 0 saturated heterocycles. The number of nitrogens with zero attached hydrogens (tertiary/aromatic N) is 3. The number of hydrogen-bond donors (Lipinski definition) is 1. The van der Waals surface area contributed by atoms with Crippen LogP contribution in [0.15, 0.2) is 29.0 Å². The third-order valence-electron chi connectivity index (χ3n) is 1.81. The first-order valence-electron chi connectivity index (χ1n) is 4.03. The van der Waals surface area contributed by atoms with Crippen LogP contribution < -0.4 is 0 Å². The van der Waals surface area contributed by atoms with Gasteiger partial charge in [-0.3, -0.25) is 0 Å². The van der Waals surface area contributed by atoms with E-state index in [1.165, 1.54) is 0 Å². The predicted octanol–water partition coefficient (Wildman–Crippen LogP) is 1.95. The van der Waals surface area contributed by atoms with E-state index in [9.17, 15) is 5.11 Å². The standard InChI is InChI=1S/C9H8BrN3O/c1-13-9(10)11-8(12-13)6-3-2-4-7(14)5-6/h2-5,14H,1H3. The lowest BCUT2D eigenvalue weighted by Crippen LogP contribution is -1.89. The molecule has 1 aromatic carbocycles. The molecule has 2 rings (SSSR count). The van der Waals surface area contributed by atoms with E-state index in [2.05, 4.69) is 26.0 Å². The SMILES string of the molecule is Cn1nc(-c2cccc(O)c2)nc1Br. The number of benzene rings is 1. The molecule has 4 nitrogen and oxygen atoms in total. The van der Waals surface area contributed by atoms with Gasteiger partial charge in [-0.1, -0.05) is 12.1 Å². The van der Waals surface area contributed by atoms with Crippen LogP contribution in [-0.2, 0) is 7.05 Å². The fraction of sp³-hybridized carbons (Fsp3) is 0.111. The molecular formula is C9H8BrN3O. The Hall–Kier alpha value is -1.36. The first kappa shape index (κ1) is 9.21. The number of aromatic nitrogens is 3. The van der Waals surface area contributed by atoms with E-state index in [1.54, 1.807) is 29.9 Å². The Morgan fingerprint density at radius 3 is 2.79 bits per heavy atom. The van der Waals surface area contributed by atoms with Crippen molar-refractivity contribution in [1.29, 1.82) is 0 Å². The molecule has 0 radical (unpaired) electrons. The van der Waals surface area contributed by atoms with E-state index in [-0.39, 0.29) is 5.75 Å². The van der Waals surface area contributed by atoms with Crippen molar-refractivity contribution in [2.24, 2.45) is 7.05 Å². The molecule has 0 fully saturated rings. The van der Waals surface area contributed by atoms with Gasteiger partial charge in [-0.2, -0.15) is 5.10 Å². The minimum atomic E-state index is 0.214. The maximum absolute atomic E-state index is 9.28. The summed E-state index contributed by atoms with van der Waals surface area (Å²) in [7, 11) is 1.80. The lowest BCUT2D eigenvalue weighted by molar-refractivity contribution is 0.475. The second-order valence-corrected chi connectivity index (χ2v) is 3.59. The molecule has 72 valence electrons. The van der Waals surface area contributed by atoms with Crippen LogP contribution in [-0.4, -0.2) is 19.9 Å². The lowest BCUT2D eigenvalue weighted by Gasteiger charge is -1.95. The van der Waals surface area contributed by atoms with E-state index < -0.39 is 0 Å². The quantitative estimate of drug-likeness (QED) is 0.846. The Labute approximate surface area is 89.3 Å². The Morgan fingerprint density at radius 2 is 2.21 bits per heavy atom. The fourth-order valence-electron chi connectivity index (χ4n) is 1.13. The molecule has 0 spiro atoms. The van der Waals surface area contributed by atoms with E-state index >= 15 is 0 Å². The van der Waals surface area contributed by atoms with Crippen LogP contribution in [0.1, 0.15) is 0 Å². The van der Waals surface area contributed by atoms with Gasteiger partial charge in [0.15, 0.2) is 10.6 Å². The van der Waals surface area contributed by atoms with Crippen molar-refractivity contribution in [3.63, 3.8) is 0 Å². The van der Waals surface area contributed by atoms with E-state index in [1.807, 2.05) is 6.07 Å². The first-order chi connectivity index (χ1) is 6.66. The van der Waals surface area contributed by atoms with Gasteiger partial charge >= 0.3 is 0 Å². The number of rotatable bonds is 1. The van der Waals surface area contributed by atoms with Gasteiger partial charge < -0.3 is 5.11 Å². The summed E-state index contributed by atoms with van der Waals surface area (Å²) in [6.45, 7) is 0. The van der Waals surface area contributed by atoms with Crippen molar-refractivity contribution in [2.75, 3.05) is 0 Å². The molecule has 0 amide bonds. The summed E-state index contributed by atoms with van der Waals surface area (Å²) in [4.78, 5) is 4.18. The Balaban J connectivity index is 2.49. The zero-order valence-corrected chi connectivity index (χ0v) is 9.06. The summed E-state index contributed by atoms with van der Waals surface area (Å²) < 4.78 is 2.29. The summed E-state index contributed by atoms with van der Waals surface area (Å²) in [5, 5.41) is 13.4. The van der Waals surface area contributed by atoms with Crippen LogP contribution in [0.4, 0.5) is 0 Å². The van der Waals surface area contributed by atoms with E-state index in [0.29, 0.717) is 10.6 Å². The number of phenolic OH excluding ortho intramolecular Hbond substituents is 1. The largest absolute Gasteiger partial charge is 0.508 e. The molecule has 5 heteroatoms. The van der Waals surface area contributed by atoms with Crippen molar-refractivity contribution < 1.29 is 5.11 Å². The number of phenols is 1. The van der Waals surface area contributed by atoms with Gasteiger partial charge in [0.1, 0.15) is 5.75 Å². The fourth-order valence-corrected chi connectivity index (χ4v) is 1.38. The molecular weight excluding hydrogens is 246 g/mol. The molecule has 0 bridgehead atoms. The topological polar surface area (TPSA) is 50.9 Å². The zero-order valence-electron chi connectivity index (χ0n) is 7.48. The van der Waals surface area contributed by atoms with E-state index in [0.717, 1.165) is 5.56 Å². The predicted molar refractivity (Wildman–Crippen MR) is 55.8 cm³/mol. The number of halogens is 1. The van der Waals surface area contributed by atoms with Crippen LogP contribution in [0, 0.1) is 0 Å². The molecule has 0 saturated carbocycles. The van der Waals surface area contributed by atoms with Gasteiger partial charge in [0.2, 0.25) is 0 Å². The van der Waals surface area contributed by atoms with Crippen molar-refractivity contribution in [1.82, 2.24) is 14.8 Å². The number of aryl methyl sites for hydroxylation is 1. The van der Waals surface area contributed by atoms with Crippen LogP contribution >= 0.6 is 15.9 Å². The molecule has 1 heterocycles. The molecule has 0 aliphatic carbocycles. The summed E-state index contributed by atoms with van der Waals surface area (Å²) in [6, 6.07) is 6.85. The average molecular weight is 254 g/mol. The summed E-state index contributed by atoms with van der Waals surface area (Å²) >= 11 is 3.26. The maximum Gasteiger partial charge on any atom is 0.195 e. The third kappa shape index (κ3) is 1.63. The molecule has 14 heavy (non-hydrogen) atoms. The minimum absolute atomic E-state index is 0.214. The van der Waals surface area contributed by atoms with Crippen LogP contribution in [0.2, 0.25) is 0 Å². The van der Waals surface area contributed by atoms with Crippen LogP contribution in [0.3, 0.4) is 0 Å². The molecule has 0 aliphatic heterocycles. The van der Waals surface area contributed by atoms with Crippen molar-refractivity contribution >= 4 is 15.9 Å². The highest BCUT2D eigenvalue weighted by Gasteiger charge is 2.06. The Morgan fingerprint density at radius 1 is 1.43 bits per heavy atom. The molecule has 2 aromatic rings. The lowest BCUT2D eigenvalue weighted by atomic mass is 10.2. The summed E-state index contributed by atoms with van der Waals surface area (Å²) in [6.07, 6.45) is 0. The first-order valence-corrected chi connectivity index (χ1v) is 4.82. The smallest absolute Gasteiger partial charge is 0.195 e. The highest BCUT2D eigenvalue weighted by atomic mass is 79.9. The van der Waals surface area contributed by atoms with Gasteiger partial charge in [0, 0.05) is 12.6 Å². The Bertz CT molecular complexity index is 447. The van der Waals surface area contributed by atoms with Crippen molar-refractivity contribution in [3.05, 3.63) is 29.0 Å². The number of hydrogen-bond acceptors (Lipinski definition) is 3. The van der Waals surface area contributed by atoms with Gasteiger partial charge in [-0.15, -0.1) is 0 Å². The molecule has 0 atom stereocenters. The molecule has 1 N–H and O–H groups in total. The second-order valence-electron chi connectivity index (χ2n) is 2.88. The van der Waals surface area contributed by atoms with E-state index in [4.69, 9.17) is 0 Å². The summed E-state index contributed by atoms with van der Waals surface area (Å²) in [5.74, 6) is 0.807. The highest BCUT2D eigenvalue weighted by molar-refractivity contribution is 9.10.